The molecule has 0 aromatic heterocycles. The first-order chi connectivity index (χ1) is 16.7. The maximum Gasteiger partial charge on any atom is 0.311 e. The van der Waals surface area contributed by atoms with E-state index in [0.29, 0.717) is 52.6 Å². The second-order valence-electron chi connectivity index (χ2n) is 15.0. The van der Waals surface area contributed by atoms with Crippen LogP contribution in [0.3, 0.4) is 0 Å². The number of carbonyl (C=O) groups excluding carboxylic acids is 2. The summed E-state index contributed by atoms with van der Waals surface area (Å²) in [5.41, 5.74) is 0.743. The van der Waals surface area contributed by atoms with Crippen molar-refractivity contribution < 1.29 is 14.3 Å². The fourth-order valence-corrected chi connectivity index (χ4v) is 12.1. The molecule has 5 fully saturated rings. The molecule has 4 heteroatoms. The van der Waals surface area contributed by atoms with Crippen LogP contribution in [-0.2, 0) is 14.3 Å². The van der Waals surface area contributed by atoms with E-state index in [-0.39, 0.29) is 27.5 Å². The normalized spacial score (nSPS) is 49.1. The molecule has 5 rings (SSSR count). The van der Waals surface area contributed by atoms with Gasteiger partial charge in [-0.15, -0.1) is 0 Å². The summed E-state index contributed by atoms with van der Waals surface area (Å²) in [6, 6.07) is 0. The maximum atomic E-state index is 12.7. The van der Waals surface area contributed by atoms with Crippen LogP contribution in [-0.4, -0.2) is 11.2 Å². The zero-order valence-corrected chi connectivity index (χ0v) is 24.4. The Labute approximate surface area is 224 Å². The zero-order valence-electron chi connectivity index (χ0n) is 23.7. The molecule has 5 aliphatic rings. The summed E-state index contributed by atoms with van der Waals surface area (Å²) >= 11 is 6.34. The number of rotatable bonds is 4. The summed E-state index contributed by atoms with van der Waals surface area (Å²) < 4.78 is 5.37. The molecule has 0 heterocycles. The highest BCUT2D eigenvalue weighted by Crippen LogP contribution is 2.77. The predicted octanol–water partition coefficient (Wildman–Crippen LogP) is 8.69. The number of halogens is 1. The Morgan fingerprint density at radius 3 is 2.22 bits per heavy atom. The SMILES string of the molecule is C=C(C)OC(=O)C[C@@H]1CC[C@@]2(C)C3CC[C@@H]4[C@H]5CCC[C@]5(C(=O)Cl)CC[C@@]4(C)[C@]3(C)CC[C@@H]2C1(C)C. The van der Waals surface area contributed by atoms with E-state index in [1.54, 1.807) is 6.92 Å². The topological polar surface area (TPSA) is 43.4 Å². The summed E-state index contributed by atoms with van der Waals surface area (Å²) in [6.07, 6.45) is 13.4. The van der Waals surface area contributed by atoms with Crippen LogP contribution in [0.5, 0.6) is 0 Å². The third-order valence-corrected chi connectivity index (χ3v) is 14.1. The van der Waals surface area contributed by atoms with Gasteiger partial charge in [-0.1, -0.05) is 47.6 Å². The van der Waals surface area contributed by atoms with Gasteiger partial charge < -0.3 is 4.74 Å². The fraction of sp³-hybridized carbons (Fsp3) is 0.875. The van der Waals surface area contributed by atoms with Gasteiger partial charge in [-0.2, -0.15) is 0 Å². The van der Waals surface area contributed by atoms with Gasteiger partial charge in [0.2, 0.25) is 5.24 Å². The molecular formula is C32H49ClO3. The van der Waals surface area contributed by atoms with Crippen molar-refractivity contribution in [3.05, 3.63) is 12.3 Å². The van der Waals surface area contributed by atoms with Gasteiger partial charge >= 0.3 is 5.97 Å². The van der Waals surface area contributed by atoms with E-state index in [2.05, 4.69) is 41.2 Å². The number of fused-ring (bicyclic) bond motifs is 7. The van der Waals surface area contributed by atoms with Crippen LogP contribution in [0.4, 0.5) is 0 Å². The molecule has 0 aliphatic heterocycles. The van der Waals surface area contributed by atoms with E-state index < -0.39 is 0 Å². The van der Waals surface area contributed by atoms with Crippen LogP contribution < -0.4 is 0 Å². The van der Waals surface area contributed by atoms with Gasteiger partial charge in [-0.25, -0.2) is 0 Å². The summed E-state index contributed by atoms with van der Waals surface area (Å²) in [7, 11) is 0. The number of carbonyl (C=O) groups is 2. The lowest BCUT2D eigenvalue weighted by atomic mass is 9.32. The Morgan fingerprint density at radius 1 is 0.833 bits per heavy atom. The molecule has 3 nitrogen and oxygen atoms in total. The molecule has 0 aromatic rings. The lowest BCUT2D eigenvalue weighted by Gasteiger charge is -2.72. The third kappa shape index (κ3) is 3.49. The van der Waals surface area contributed by atoms with Crippen molar-refractivity contribution >= 4 is 22.8 Å². The Bertz CT molecular complexity index is 955. The Morgan fingerprint density at radius 2 is 1.56 bits per heavy atom. The van der Waals surface area contributed by atoms with Crippen LogP contribution >= 0.6 is 11.6 Å². The van der Waals surface area contributed by atoms with Crippen molar-refractivity contribution in [2.24, 2.45) is 56.7 Å². The number of hydrogen-bond acceptors (Lipinski definition) is 3. The van der Waals surface area contributed by atoms with Crippen molar-refractivity contribution in [1.82, 2.24) is 0 Å². The number of ether oxygens (including phenoxy) is 1. The van der Waals surface area contributed by atoms with Crippen LogP contribution in [0.25, 0.3) is 0 Å². The molecule has 36 heavy (non-hydrogen) atoms. The first-order valence-corrected chi connectivity index (χ1v) is 15.2. The molecule has 5 saturated carbocycles. The average Bonchev–Trinajstić information content (AvgIpc) is 3.21. The van der Waals surface area contributed by atoms with Gasteiger partial charge in [0.15, 0.2) is 0 Å². The standard InChI is InChI=1S/C32H49ClO3/c1-20(2)36-26(34)19-21-12-15-29(5)24(28(21,3)4)13-16-31(7)25(29)11-10-22-23-9-8-14-32(23,27(33)35)18-17-30(22,31)6/h21-25H,1,8-19H2,2-7H3/t21-,22+,23+,24+,25?,29+,30+,31+,32-/m0/s1. The number of allylic oxidation sites excluding steroid dienone is 1. The minimum atomic E-state index is -0.242. The monoisotopic (exact) mass is 516 g/mol. The lowest BCUT2D eigenvalue weighted by Crippen LogP contribution is -2.66. The Kier molecular flexibility index (Phi) is 6.38. The van der Waals surface area contributed by atoms with Crippen molar-refractivity contribution in [2.75, 3.05) is 0 Å². The van der Waals surface area contributed by atoms with Crippen LogP contribution in [0.15, 0.2) is 12.3 Å². The molecule has 0 spiro atoms. The van der Waals surface area contributed by atoms with E-state index in [9.17, 15) is 9.59 Å². The van der Waals surface area contributed by atoms with Gasteiger partial charge in [0.1, 0.15) is 0 Å². The predicted molar refractivity (Wildman–Crippen MR) is 145 cm³/mol. The van der Waals surface area contributed by atoms with Gasteiger partial charge in [0.25, 0.3) is 0 Å². The molecule has 0 N–H and O–H groups in total. The number of esters is 1. The summed E-state index contributed by atoms with van der Waals surface area (Å²) in [6.45, 7) is 18.2. The summed E-state index contributed by atoms with van der Waals surface area (Å²) in [5, 5.41) is -0.0414. The third-order valence-electron chi connectivity index (χ3n) is 13.7. The maximum absolute atomic E-state index is 12.7. The van der Waals surface area contributed by atoms with Gasteiger partial charge in [-0.3, -0.25) is 9.59 Å². The Hall–Kier alpha value is -0.830. The van der Waals surface area contributed by atoms with E-state index >= 15 is 0 Å². The van der Waals surface area contributed by atoms with Crippen molar-refractivity contribution in [1.29, 1.82) is 0 Å². The molecule has 0 saturated heterocycles. The smallest absolute Gasteiger partial charge is 0.311 e. The van der Waals surface area contributed by atoms with Gasteiger partial charge in [0.05, 0.1) is 5.76 Å². The molecule has 202 valence electrons. The zero-order chi connectivity index (χ0) is 26.3. The largest absolute Gasteiger partial charge is 0.432 e. The number of hydrogen-bond donors (Lipinski definition) is 0. The lowest BCUT2D eigenvalue weighted by molar-refractivity contribution is -0.239. The van der Waals surface area contributed by atoms with Crippen molar-refractivity contribution in [2.45, 2.75) is 119 Å². The minimum Gasteiger partial charge on any atom is -0.432 e. The highest BCUT2D eigenvalue weighted by atomic mass is 35.5. The van der Waals surface area contributed by atoms with Crippen LogP contribution in [0, 0.1) is 56.7 Å². The summed E-state index contributed by atoms with van der Waals surface area (Å²) in [4.78, 5) is 25.3. The van der Waals surface area contributed by atoms with E-state index in [1.807, 2.05) is 0 Å². The second-order valence-corrected chi connectivity index (χ2v) is 15.4. The van der Waals surface area contributed by atoms with E-state index in [1.165, 1.54) is 44.9 Å². The highest BCUT2D eigenvalue weighted by molar-refractivity contribution is 6.64. The quantitative estimate of drug-likeness (QED) is 0.213. The highest BCUT2D eigenvalue weighted by Gasteiger charge is 2.70. The summed E-state index contributed by atoms with van der Waals surface area (Å²) in [5.74, 6) is 3.17. The molecule has 5 aliphatic carbocycles. The Balaban J connectivity index is 1.43. The van der Waals surface area contributed by atoms with Crippen molar-refractivity contribution in [3.8, 4) is 0 Å². The van der Waals surface area contributed by atoms with E-state index in [0.717, 1.165) is 25.7 Å². The molecule has 0 aromatic carbocycles. The first-order valence-electron chi connectivity index (χ1n) is 14.8. The average molecular weight is 517 g/mol. The van der Waals surface area contributed by atoms with E-state index in [4.69, 9.17) is 16.3 Å². The van der Waals surface area contributed by atoms with Crippen LogP contribution in [0.1, 0.15) is 119 Å². The molecule has 0 amide bonds. The van der Waals surface area contributed by atoms with Gasteiger partial charge in [-0.05, 0) is 134 Å². The fourth-order valence-electron chi connectivity index (χ4n) is 11.8. The molecule has 0 radical (unpaired) electrons. The molecular weight excluding hydrogens is 468 g/mol. The molecule has 9 atom stereocenters. The minimum absolute atomic E-state index is 0.0414. The second kappa shape index (κ2) is 8.59. The molecule has 0 bridgehead atoms. The van der Waals surface area contributed by atoms with Crippen molar-refractivity contribution in [3.63, 3.8) is 0 Å². The van der Waals surface area contributed by atoms with Crippen LogP contribution in [0.2, 0.25) is 0 Å². The molecule has 1 unspecified atom stereocenters. The first kappa shape index (κ1) is 26.8. The van der Waals surface area contributed by atoms with Gasteiger partial charge in [0, 0.05) is 11.8 Å².